The first-order valence-corrected chi connectivity index (χ1v) is 5.76. The van der Waals surface area contributed by atoms with E-state index in [1.807, 2.05) is 24.3 Å². The zero-order valence-electron chi connectivity index (χ0n) is 8.35. The summed E-state index contributed by atoms with van der Waals surface area (Å²) in [6, 6.07) is 14.4. The van der Waals surface area contributed by atoms with Crippen LogP contribution in [0.15, 0.2) is 48.5 Å². The van der Waals surface area contributed by atoms with Crippen LogP contribution in [0.1, 0.15) is 0 Å². The van der Waals surface area contributed by atoms with Crippen molar-refractivity contribution in [1.29, 1.82) is 0 Å². The minimum absolute atomic E-state index is 0.218. The van der Waals surface area contributed by atoms with Gasteiger partial charge in [-0.3, -0.25) is 0 Å². The van der Waals surface area contributed by atoms with Crippen LogP contribution in [-0.2, 0) is 0 Å². The highest BCUT2D eigenvalue weighted by molar-refractivity contribution is 7.21. The van der Waals surface area contributed by atoms with Crippen molar-refractivity contribution in [1.82, 2.24) is 4.98 Å². The molecular weight excluding hydrogens is 221 g/mol. The monoisotopic (exact) mass is 229 g/mol. The molecule has 0 saturated heterocycles. The van der Waals surface area contributed by atoms with Gasteiger partial charge in [-0.15, -0.1) is 11.3 Å². The maximum Gasteiger partial charge on any atom is 0.124 e. The molecule has 0 radical (unpaired) electrons. The summed E-state index contributed by atoms with van der Waals surface area (Å²) in [4.78, 5) is 4.51. The third-order valence-corrected chi connectivity index (χ3v) is 3.47. The van der Waals surface area contributed by atoms with E-state index in [0.717, 1.165) is 20.8 Å². The second-order valence-electron chi connectivity index (χ2n) is 3.49. The largest absolute Gasteiger partial charge is 0.236 e. The molecule has 78 valence electrons. The van der Waals surface area contributed by atoms with Crippen LogP contribution in [0, 0.1) is 5.82 Å². The van der Waals surface area contributed by atoms with Crippen LogP contribution in [0.25, 0.3) is 20.8 Å². The van der Waals surface area contributed by atoms with Gasteiger partial charge in [-0.05, 0) is 36.4 Å². The Kier molecular flexibility index (Phi) is 2.18. The molecule has 0 bridgehead atoms. The highest BCUT2D eigenvalue weighted by Gasteiger charge is 2.05. The van der Waals surface area contributed by atoms with Crippen LogP contribution < -0.4 is 0 Å². The van der Waals surface area contributed by atoms with Gasteiger partial charge in [0, 0.05) is 5.56 Å². The Morgan fingerprint density at radius 2 is 1.69 bits per heavy atom. The molecule has 0 fully saturated rings. The molecule has 1 nitrogen and oxygen atoms in total. The molecule has 16 heavy (non-hydrogen) atoms. The third-order valence-electron chi connectivity index (χ3n) is 2.39. The predicted molar refractivity (Wildman–Crippen MR) is 65.0 cm³/mol. The van der Waals surface area contributed by atoms with Gasteiger partial charge in [0.25, 0.3) is 0 Å². The van der Waals surface area contributed by atoms with Crippen molar-refractivity contribution < 1.29 is 4.39 Å². The average molecular weight is 229 g/mol. The van der Waals surface area contributed by atoms with Crippen molar-refractivity contribution in [3.8, 4) is 10.6 Å². The minimum Gasteiger partial charge on any atom is -0.236 e. The van der Waals surface area contributed by atoms with E-state index in [-0.39, 0.29) is 5.82 Å². The van der Waals surface area contributed by atoms with Crippen LogP contribution in [-0.4, -0.2) is 4.98 Å². The molecule has 2 aromatic carbocycles. The molecule has 3 heteroatoms. The number of aromatic nitrogens is 1. The predicted octanol–water partition coefficient (Wildman–Crippen LogP) is 4.10. The second kappa shape index (κ2) is 3.68. The van der Waals surface area contributed by atoms with Gasteiger partial charge >= 0.3 is 0 Å². The molecule has 0 amide bonds. The number of fused-ring (bicyclic) bond motifs is 1. The molecule has 0 aliphatic carbocycles. The van der Waals surface area contributed by atoms with E-state index in [0.29, 0.717) is 0 Å². The summed E-state index contributed by atoms with van der Waals surface area (Å²) in [6.07, 6.45) is 0. The fourth-order valence-electron chi connectivity index (χ4n) is 1.59. The quantitative estimate of drug-likeness (QED) is 0.612. The van der Waals surface area contributed by atoms with Gasteiger partial charge in [-0.2, -0.15) is 0 Å². The Morgan fingerprint density at radius 1 is 0.938 bits per heavy atom. The van der Waals surface area contributed by atoms with E-state index >= 15 is 0 Å². The lowest BCUT2D eigenvalue weighted by molar-refractivity contribution is 0.628. The van der Waals surface area contributed by atoms with Gasteiger partial charge < -0.3 is 0 Å². The van der Waals surface area contributed by atoms with Gasteiger partial charge in [0.2, 0.25) is 0 Å². The highest BCUT2D eigenvalue weighted by Crippen LogP contribution is 2.29. The van der Waals surface area contributed by atoms with Crippen LogP contribution >= 0.6 is 11.3 Å². The number of benzene rings is 2. The first kappa shape index (κ1) is 9.48. The highest BCUT2D eigenvalue weighted by atomic mass is 32.1. The van der Waals surface area contributed by atoms with Gasteiger partial charge in [0.05, 0.1) is 10.2 Å². The first-order chi connectivity index (χ1) is 7.83. The number of nitrogens with zero attached hydrogens (tertiary/aromatic N) is 1. The molecule has 0 spiro atoms. The molecule has 0 aliphatic heterocycles. The summed E-state index contributed by atoms with van der Waals surface area (Å²) in [6.45, 7) is 0. The van der Waals surface area contributed by atoms with E-state index in [4.69, 9.17) is 0 Å². The van der Waals surface area contributed by atoms with E-state index in [2.05, 4.69) is 4.98 Å². The number of hydrogen-bond acceptors (Lipinski definition) is 2. The molecule has 0 saturated carbocycles. The molecule has 0 aliphatic rings. The smallest absolute Gasteiger partial charge is 0.124 e. The molecular formula is C13H8FNS. The van der Waals surface area contributed by atoms with Crippen molar-refractivity contribution in [3.05, 3.63) is 54.3 Å². The minimum atomic E-state index is -0.218. The lowest BCUT2D eigenvalue weighted by Crippen LogP contribution is -1.76. The Morgan fingerprint density at radius 3 is 2.44 bits per heavy atom. The van der Waals surface area contributed by atoms with E-state index in [1.165, 1.54) is 12.1 Å². The zero-order chi connectivity index (χ0) is 11.0. The summed E-state index contributed by atoms with van der Waals surface area (Å²) in [5, 5.41) is 0.932. The van der Waals surface area contributed by atoms with Crippen molar-refractivity contribution >= 4 is 21.6 Å². The van der Waals surface area contributed by atoms with Gasteiger partial charge in [-0.25, -0.2) is 9.37 Å². The second-order valence-corrected chi connectivity index (χ2v) is 4.52. The van der Waals surface area contributed by atoms with Crippen LogP contribution in [0.3, 0.4) is 0 Å². The average Bonchev–Trinajstić information content (AvgIpc) is 2.73. The van der Waals surface area contributed by atoms with Gasteiger partial charge in [0.15, 0.2) is 0 Å². The Balaban J connectivity index is 2.15. The van der Waals surface area contributed by atoms with Crippen LogP contribution in [0.2, 0.25) is 0 Å². The van der Waals surface area contributed by atoms with Crippen molar-refractivity contribution in [2.75, 3.05) is 0 Å². The first-order valence-electron chi connectivity index (χ1n) is 4.94. The molecule has 0 atom stereocenters. The maximum absolute atomic E-state index is 12.8. The van der Waals surface area contributed by atoms with E-state index in [9.17, 15) is 4.39 Å². The number of thiazole rings is 1. The standard InChI is InChI=1S/C13H8FNS/c14-10-7-5-9(6-8-10)13-15-11-3-1-2-4-12(11)16-13/h1-8H. The molecule has 3 rings (SSSR count). The number of halogens is 1. The van der Waals surface area contributed by atoms with Crippen LogP contribution in [0.4, 0.5) is 4.39 Å². The van der Waals surface area contributed by atoms with Gasteiger partial charge in [0.1, 0.15) is 10.8 Å². The Bertz CT molecular complexity index is 595. The normalized spacial score (nSPS) is 10.8. The van der Waals surface area contributed by atoms with Crippen molar-refractivity contribution in [3.63, 3.8) is 0 Å². The molecule has 3 aromatic rings. The van der Waals surface area contributed by atoms with E-state index in [1.54, 1.807) is 23.5 Å². The zero-order valence-corrected chi connectivity index (χ0v) is 9.17. The number of rotatable bonds is 1. The topological polar surface area (TPSA) is 12.9 Å². The molecule has 0 N–H and O–H groups in total. The van der Waals surface area contributed by atoms with Gasteiger partial charge in [-0.1, -0.05) is 12.1 Å². The number of para-hydroxylation sites is 1. The molecule has 0 unspecified atom stereocenters. The fraction of sp³-hybridized carbons (Fsp3) is 0. The molecule has 1 heterocycles. The summed E-state index contributed by atoms with van der Waals surface area (Å²) in [7, 11) is 0. The Hall–Kier alpha value is -1.74. The maximum atomic E-state index is 12.8. The van der Waals surface area contributed by atoms with E-state index < -0.39 is 0 Å². The summed E-state index contributed by atoms with van der Waals surface area (Å²) < 4.78 is 13.9. The van der Waals surface area contributed by atoms with Crippen molar-refractivity contribution in [2.45, 2.75) is 0 Å². The summed E-state index contributed by atoms with van der Waals surface area (Å²) in [5.74, 6) is -0.218. The fourth-order valence-corrected chi connectivity index (χ4v) is 2.56. The number of hydrogen-bond donors (Lipinski definition) is 0. The molecule has 1 aromatic heterocycles. The SMILES string of the molecule is Fc1ccc(-c2nc3ccccc3s2)cc1. The summed E-state index contributed by atoms with van der Waals surface area (Å²) in [5.41, 5.74) is 1.95. The third kappa shape index (κ3) is 1.59. The van der Waals surface area contributed by atoms with Crippen molar-refractivity contribution in [2.24, 2.45) is 0 Å². The lowest BCUT2D eigenvalue weighted by Gasteiger charge is -1.94. The van der Waals surface area contributed by atoms with Crippen LogP contribution in [0.5, 0.6) is 0 Å². The summed E-state index contributed by atoms with van der Waals surface area (Å²) >= 11 is 1.62. The lowest BCUT2D eigenvalue weighted by atomic mass is 10.2. The Labute approximate surface area is 96.2 Å².